The first-order chi connectivity index (χ1) is 14.5. The van der Waals surface area contributed by atoms with Crippen molar-refractivity contribution in [2.45, 2.75) is 71.3 Å². The van der Waals surface area contributed by atoms with E-state index < -0.39 is 6.04 Å². The summed E-state index contributed by atoms with van der Waals surface area (Å²) in [5.74, 6) is 0.399. The first-order valence-corrected chi connectivity index (χ1v) is 11.4. The van der Waals surface area contributed by atoms with Crippen molar-refractivity contribution >= 4 is 11.8 Å². The standard InChI is InChI=1S/C24H41N3O3/c1-5-7-8-9-10-11-19-30-21-15-13-20(14-16-21)23(28)26-22(12-6-2)24(29)25-17-18-27(3)4/h13-16,22H,5-12,17-19H2,1-4H3,(H,25,29)(H,26,28)/t22-/m0/s1. The van der Waals surface area contributed by atoms with Crippen molar-refractivity contribution in [2.75, 3.05) is 33.8 Å². The van der Waals surface area contributed by atoms with Crippen molar-refractivity contribution in [3.63, 3.8) is 0 Å². The number of rotatable bonds is 16. The zero-order valence-corrected chi connectivity index (χ0v) is 19.3. The van der Waals surface area contributed by atoms with Crippen LogP contribution in [-0.2, 0) is 4.79 Å². The first kappa shape index (κ1) is 26.0. The number of nitrogens with zero attached hydrogens (tertiary/aromatic N) is 1. The zero-order chi connectivity index (χ0) is 22.2. The number of amides is 2. The third kappa shape index (κ3) is 11.2. The summed E-state index contributed by atoms with van der Waals surface area (Å²) in [6.07, 6.45) is 8.79. The van der Waals surface area contributed by atoms with E-state index in [2.05, 4.69) is 17.6 Å². The molecule has 6 heteroatoms. The van der Waals surface area contributed by atoms with Crippen molar-refractivity contribution in [1.29, 1.82) is 0 Å². The second-order valence-electron chi connectivity index (χ2n) is 8.05. The molecule has 1 aromatic rings. The average Bonchev–Trinajstić information content (AvgIpc) is 2.72. The number of benzene rings is 1. The predicted molar refractivity (Wildman–Crippen MR) is 123 cm³/mol. The summed E-state index contributed by atoms with van der Waals surface area (Å²) in [5.41, 5.74) is 0.532. The average molecular weight is 420 g/mol. The minimum atomic E-state index is -0.520. The van der Waals surface area contributed by atoms with Crippen molar-refractivity contribution < 1.29 is 14.3 Å². The molecule has 0 bridgehead atoms. The molecule has 0 spiro atoms. The molecule has 2 amide bonds. The summed E-state index contributed by atoms with van der Waals surface area (Å²) in [6.45, 7) is 6.25. The first-order valence-electron chi connectivity index (χ1n) is 11.4. The molecule has 6 nitrogen and oxygen atoms in total. The lowest BCUT2D eigenvalue weighted by Crippen LogP contribution is -2.47. The fourth-order valence-electron chi connectivity index (χ4n) is 3.10. The fourth-order valence-corrected chi connectivity index (χ4v) is 3.10. The topological polar surface area (TPSA) is 70.7 Å². The number of ether oxygens (including phenoxy) is 1. The summed E-state index contributed by atoms with van der Waals surface area (Å²) < 4.78 is 5.77. The van der Waals surface area contributed by atoms with E-state index in [9.17, 15) is 9.59 Å². The van der Waals surface area contributed by atoms with E-state index in [0.717, 1.165) is 25.1 Å². The molecule has 170 valence electrons. The van der Waals surface area contributed by atoms with Gasteiger partial charge in [0.1, 0.15) is 11.8 Å². The van der Waals surface area contributed by atoms with Crippen LogP contribution in [0.3, 0.4) is 0 Å². The second-order valence-corrected chi connectivity index (χ2v) is 8.05. The lowest BCUT2D eigenvalue weighted by molar-refractivity contribution is -0.123. The Morgan fingerprint density at radius 1 is 0.967 bits per heavy atom. The van der Waals surface area contributed by atoms with Crippen LogP contribution in [0, 0.1) is 0 Å². The normalized spacial score (nSPS) is 11.9. The van der Waals surface area contributed by atoms with Crippen LogP contribution >= 0.6 is 0 Å². The Hall–Kier alpha value is -2.08. The maximum absolute atomic E-state index is 12.6. The van der Waals surface area contributed by atoms with Crippen molar-refractivity contribution in [3.8, 4) is 5.75 Å². The fraction of sp³-hybridized carbons (Fsp3) is 0.667. The van der Waals surface area contributed by atoms with Crippen LogP contribution in [0.15, 0.2) is 24.3 Å². The highest BCUT2D eigenvalue weighted by molar-refractivity contribution is 5.97. The van der Waals surface area contributed by atoms with E-state index in [-0.39, 0.29) is 11.8 Å². The molecule has 0 aromatic heterocycles. The third-order valence-corrected chi connectivity index (χ3v) is 4.94. The molecule has 0 aliphatic heterocycles. The molecule has 0 saturated carbocycles. The Morgan fingerprint density at radius 2 is 1.63 bits per heavy atom. The summed E-state index contributed by atoms with van der Waals surface area (Å²) in [7, 11) is 3.91. The van der Waals surface area contributed by atoms with Gasteiger partial charge < -0.3 is 20.3 Å². The van der Waals surface area contributed by atoms with Crippen LogP contribution in [0.4, 0.5) is 0 Å². The van der Waals surface area contributed by atoms with Crippen LogP contribution in [0.25, 0.3) is 0 Å². The molecule has 2 N–H and O–H groups in total. The van der Waals surface area contributed by atoms with Crippen LogP contribution < -0.4 is 15.4 Å². The highest BCUT2D eigenvalue weighted by Crippen LogP contribution is 2.14. The Balaban J connectivity index is 2.44. The largest absolute Gasteiger partial charge is 0.494 e. The maximum atomic E-state index is 12.6. The van der Waals surface area contributed by atoms with Gasteiger partial charge >= 0.3 is 0 Å². The van der Waals surface area contributed by atoms with Gasteiger partial charge in [0.05, 0.1) is 6.61 Å². The van der Waals surface area contributed by atoms with Gasteiger partial charge in [0, 0.05) is 18.7 Å². The van der Waals surface area contributed by atoms with Crippen LogP contribution in [0.2, 0.25) is 0 Å². The maximum Gasteiger partial charge on any atom is 0.251 e. The smallest absolute Gasteiger partial charge is 0.251 e. The van der Waals surface area contributed by atoms with E-state index in [4.69, 9.17) is 4.74 Å². The zero-order valence-electron chi connectivity index (χ0n) is 19.3. The SMILES string of the molecule is CCCCCCCCOc1ccc(C(=O)N[C@@H](CCC)C(=O)NCCN(C)C)cc1. The molecule has 0 unspecified atom stereocenters. The molecular weight excluding hydrogens is 378 g/mol. The van der Waals surface area contributed by atoms with Crippen LogP contribution in [-0.4, -0.2) is 56.5 Å². The van der Waals surface area contributed by atoms with Gasteiger partial charge in [0.25, 0.3) is 5.91 Å². The van der Waals surface area contributed by atoms with E-state index in [1.165, 1.54) is 32.1 Å². The lowest BCUT2D eigenvalue weighted by Gasteiger charge is -2.19. The molecule has 0 saturated heterocycles. The van der Waals surface area contributed by atoms with E-state index in [1.54, 1.807) is 12.1 Å². The number of hydrogen-bond acceptors (Lipinski definition) is 4. The van der Waals surface area contributed by atoms with E-state index >= 15 is 0 Å². The van der Waals surface area contributed by atoms with Crippen LogP contribution in [0.5, 0.6) is 5.75 Å². The highest BCUT2D eigenvalue weighted by Gasteiger charge is 2.20. The molecule has 0 aliphatic carbocycles. The Kier molecular flexibility index (Phi) is 13.6. The molecule has 1 atom stereocenters. The lowest BCUT2D eigenvalue weighted by atomic mass is 10.1. The van der Waals surface area contributed by atoms with Crippen molar-refractivity contribution in [3.05, 3.63) is 29.8 Å². The van der Waals surface area contributed by atoms with Gasteiger partial charge in [0.2, 0.25) is 5.91 Å². The molecule has 0 fully saturated rings. The summed E-state index contributed by atoms with van der Waals surface area (Å²) in [5, 5.41) is 5.76. The van der Waals surface area contributed by atoms with Gasteiger partial charge in [-0.3, -0.25) is 9.59 Å². The number of likely N-dealkylation sites (N-methyl/N-ethyl adjacent to an activating group) is 1. The number of nitrogens with one attached hydrogen (secondary N) is 2. The number of carbonyl (C=O) groups is 2. The van der Waals surface area contributed by atoms with E-state index in [1.807, 2.05) is 38.1 Å². The van der Waals surface area contributed by atoms with Crippen molar-refractivity contribution in [2.24, 2.45) is 0 Å². The van der Waals surface area contributed by atoms with Gasteiger partial charge in [-0.05, 0) is 51.2 Å². The number of carbonyl (C=O) groups excluding carboxylic acids is 2. The molecule has 0 heterocycles. The summed E-state index contributed by atoms with van der Waals surface area (Å²) >= 11 is 0. The van der Waals surface area contributed by atoms with Gasteiger partial charge in [-0.1, -0.05) is 52.4 Å². The minimum absolute atomic E-state index is 0.133. The Bertz CT molecular complexity index is 602. The molecule has 30 heavy (non-hydrogen) atoms. The highest BCUT2D eigenvalue weighted by atomic mass is 16.5. The third-order valence-electron chi connectivity index (χ3n) is 4.94. The number of unbranched alkanes of at least 4 members (excludes halogenated alkanes) is 5. The molecule has 1 aromatic carbocycles. The van der Waals surface area contributed by atoms with Crippen LogP contribution in [0.1, 0.15) is 75.6 Å². The predicted octanol–water partition coefficient (Wildman–Crippen LogP) is 4.00. The second kappa shape index (κ2) is 15.7. The minimum Gasteiger partial charge on any atom is -0.494 e. The van der Waals surface area contributed by atoms with Crippen molar-refractivity contribution in [1.82, 2.24) is 15.5 Å². The van der Waals surface area contributed by atoms with E-state index in [0.29, 0.717) is 25.1 Å². The molecule has 0 aliphatic rings. The monoisotopic (exact) mass is 419 g/mol. The molecule has 1 rings (SSSR count). The van der Waals surface area contributed by atoms with Gasteiger partial charge in [-0.25, -0.2) is 0 Å². The molecule has 0 radical (unpaired) electrons. The Labute approximate surface area is 182 Å². The van der Waals surface area contributed by atoms with Gasteiger partial charge in [0.15, 0.2) is 0 Å². The Morgan fingerprint density at radius 3 is 2.27 bits per heavy atom. The summed E-state index contributed by atoms with van der Waals surface area (Å²) in [6, 6.07) is 6.61. The number of hydrogen-bond donors (Lipinski definition) is 2. The van der Waals surface area contributed by atoms with Gasteiger partial charge in [-0.2, -0.15) is 0 Å². The molecular formula is C24H41N3O3. The summed E-state index contributed by atoms with van der Waals surface area (Å²) in [4.78, 5) is 27.0. The quantitative estimate of drug-likeness (QED) is 0.397. The van der Waals surface area contributed by atoms with Gasteiger partial charge in [-0.15, -0.1) is 0 Å².